The van der Waals surface area contributed by atoms with E-state index in [-0.39, 0.29) is 12.5 Å². The zero-order valence-electron chi connectivity index (χ0n) is 13.5. The molecular weight excluding hydrogens is 304 g/mol. The molecule has 0 saturated heterocycles. The fourth-order valence-electron chi connectivity index (χ4n) is 2.31. The van der Waals surface area contributed by atoms with Crippen LogP contribution in [0.4, 0.5) is 11.4 Å². The summed E-state index contributed by atoms with van der Waals surface area (Å²) in [6.45, 7) is 3.96. The predicted molar refractivity (Wildman–Crippen MR) is 92.2 cm³/mol. The van der Waals surface area contributed by atoms with Gasteiger partial charge in [-0.3, -0.25) is 4.79 Å². The van der Waals surface area contributed by atoms with Gasteiger partial charge in [-0.1, -0.05) is 24.3 Å². The van der Waals surface area contributed by atoms with Gasteiger partial charge >= 0.3 is 0 Å². The zero-order chi connectivity index (χ0) is 16.9. The van der Waals surface area contributed by atoms with Gasteiger partial charge in [0.2, 0.25) is 5.91 Å². The molecule has 0 fully saturated rings. The molecule has 0 radical (unpaired) electrons. The summed E-state index contributed by atoms with van der Waals surface area (Å²) >= 11 is 0. The fraction of sp³-hybridized carbons (Fsp3) is 0.176. The van der Waals surface area contributed by atoms with Gasteiger partial charge in [-0.25, -0.2) is 0 Å². The summed E-state index contributed by atoms with van der Waals surface area (Å²) in [5.74, 6) is 0.595. The lowest BCUT2D eigenvalue weighted by Crippen LogP contribution is -2.22. The van der Waals surface area contributed by atoms with Crippen molar-refractivity contribution in [2.24, 2.45) is 0 Å². The minimum absolute atomic E-state index is 0.103. The highest BCUT2D eigenvalue weighted by Crippen LogP contribution is 2.15. The Balaban J connectivity index is 1.64. The van der Waals surface area contributed by atoms with Crippen molar-refractivity contribution in [3.63, 3.8) is 0 Å². The SMILES string of the molecule is Cc1ccccc1NC(=O)CNc1cccc(-n2nnnc2C)c1. The summed E-state index contributed by atoms with van der Waals surface area (Å²) < 4.78 is 1.64. The molecule has 0 bridgehead atoms. The molecule has 1 aromatic heterocycles. The fourth-order valence-corrected chi connectivity index (χ4v) is 2.31. The van der Waals surface area contributed by atoms with Crippen LogP contribution in [-0.4, -0.2) is 32.7 Å². The van der Waals surface area contributed by atoms with Gasteiger partial charge in [-0.15, -0.1) is 5.10 Å². The number of nitrogens with one attached hydrogen (secondary N) is 2. The molecule has 122 valence electrons. The van der Waals surface area contributed by atoms with Crippen molar-refractivity contribution in [3.8, 4) is 5.69 Å². The largest absolute Gasteiger partial charge is 0.376 e. The standard InChI is InChI=1S/C17H18N6O/c1-12-6-3-4-9-16(12)19-17(24)11-18-14-7-5-8-15(10-14)23-13(2)20-21-22-23/h3-10,18H,11H2,1-2H3,(H,19,24). The Labute approximate surface area is 139 Å². The molecule has 2 N–H and O–H groups in total. The maximum atomic E-state index is 12.1. The van der Waals surface area contributed by atoms with Crippen LogP contribution in [0.5, 0.6) is 0 Å². The molecule has 0 aliphatic carbocycles. The molecule has 2 aromatic carbocycles. The summed E-state index contributed by atoms with van der Waals surface area (Å²) in [7, 11) is 0. The normalized spacial score (nSPS) is 10.4. The van der Waals surface area contributed by atoms with E-state index in [9.17, 15) is 4.79 Å². The van der Waals surface area contributed by atoms with Crippen molar-refractivity contribution in [3.05, 3.63) is 59.9 Å². The average molecular weight is 322 g/mol. The van der Waals surface area contributed by atoms with Crippen molar-refractivity contribution in [1.29, 1.82) is 0 Å². The minimum atomic E-state index is -0.103. The highest BCUT2D eigenvalue weighted by molar-refractivity contribution is 5.94. The van der Waals surface area contributed by atoms with Gasteiger partial charge in [0.1, 0.15) is 0 Å². The molecular formula is C17H18N6O. The number of tetrazole rings is 1. The van der Waals surface area contributed by atoms with E-state index >= 15 is 0 Å². The second kappa shape index (κ2) is 6.91. The first-order chi connectivity index (χ1) is 11.6. The van der Waals surface area contributed by atoms with Crippen molar-refractivity contribution >= 4 is 17.3 Å². The summed E-state index contributed by atoms with van der Waals surface area (Å²) in [6, 6.07) is 15.3. The summed E-state index contributed by atoms with van der Waals surface area (Å²) in [5.41, 5.74) is 3.51. The van der Waals surface area contributed by atoms with E-state index in [0.29, 0.717) is 5.82 Å². The summed E-state index contributed by atoms with van der Waals surface area (Å²) in [4.78, 5) is 12.1. The number of carbonyl (C=O) groups excluding carboxylic acids is 1. The Bertz CT molecular complexity index is 858. The Kier molecular flexibility index (Phi) is 4.51. The van der Waals surface area contributed by atoms with Crippen molar-refractivity contribution in [2.75, 3.05) is 17.2 Å². The molecule has 1 amide bonds. The van der Waals surface area contributed by atoms with Crippen LogP contribution in [0.15, 0.2) is 48.5 Å². The van der Waals surface area contributed by atoms with E-state index in [1.165, 1.54) is 0 Å². The number of carbonyl (C=O) groups is 1. The molecule has 0 spiro atoms. The summed E-state index contributed by atoms with van der Waals surface area (Å²) in [6.07, 6.45) is 0. The lowest BCUT2D eigenvalue weighted by atomic mass is 10.2. The van der Waals surface area contributed by atoms with Gasteiger partial charge in [0.05, 0.1) is 12.2 Å². The van der Waals surface area contributed by atoms with E-state index in [0.717, 1.165) is 22.6 Å². The molecule has 3 rings (SSSR count). The number of nitrogens with zero attached hydrogens (tertiary/aromatic N) is 4. The molecule has 0 aliphatic rings. The van der Waals surface area contributed by atoms with Crippen LogP contribution in [0.2, 0.25) is 0 Å². The van der Waals surface area contributed by atoms with Gasteiger partial charge in [-0.05, 0) is 54.1 Å². The minimum Gasteiger partial charge on any atom is -0.376 e. The van der Waals surface area contributed by atoms with E-state index in [1.807, 2.05) is 62.4 Å². The van der Waals surface area contributed by atoms with Crippen molar-refractivity contribution in [1.82, 2.24) is 20.2 Å². The zero-order valence-corrected chi connectivity index (χ0v) is 13.5. The number of aryl methyl sites for hydroxylation is 2. The maximum Gasteiger partial charge on any atom is 0.243 e. The third kappa shape index (κ3) is 3.57. The highest BCUT2D eigenvalue weighted by Gasteiger charge is 2.06. The first-order valence-electron chi connectivity index (χ1n) is 7.58. The molecule has 0 atom stereocenters. The number of rotatable bonds is 5. The van der Waals surface area contributed by atoms with Gasteiger partial charge < -0.3 is 10.6 Å². The first-order valence-corrected chi connectivity index (χ1v) is 7.58. The number of amides is 1. The Hall–Kier alpha value is -3.22. The van der Waals surface area contributed by atoms with Gasteiger partial charge in [-0.2, -0.15) is 4.68 Å². The third-order valence-electron chi connectivity index (χ3n) is 3.59. The lowest BCUT2D eigenvalue weighted by molar-refractivity contribution is -0.114. The van der Waals surface area contributed by atoms with Gasteiger partial charge in [0.25, 0.3) is 0 Å². The second-order valence-corrected chi connectivity index (χ2v) is 5.40. The van der Waals surface area contributed by atoms with Gasteiger partial charge in [0, 0.05) is 11.4 Å². The second-order valence-electron chi connectivity index (χ2n) is 5.40. The molecule has 0 saturated carbocycles. The number of hydrogen-bond acceptors (Lipinski definition) is 5. The van der Waals surface area contributed by atoms with Gasteiger partial charge in [0.15, 0.2) is 5.82 Å². The Morgan fingerprint density at radius 1 is 1.12 bits per heavy atom. The van der Waals surface area contributed by atoms with Crippen LogP contribution in [0.25, 0.3) is 5.69 Å². The quantitative estimate of drug-likeness (QED) is 0.753. The number of benzene rings is 2. The topological polar surface area (TPSA) is 84.7 Å². The smallest absolute Gasteiger partial charge is 0.243 e. The monoisotopic (exact) mass is 322 g/mol. The number of aromatic nitrogens is 4. The molecule has 3 aromatic rings. The highest BCUT2D eigenvalue weighted by atomic mass is 16.1. The predicted octanol–water partition coefficient (Wildman–Crippen LogP) is 2.33. The van der Waals surface area contributed by atoms with E-state index in [2.05, 4.69) is 26.2 Å². The van der Waals surface area contributed by atoms with Crippen LogP contribution in [-0.2, 0) is 4.79 Å². The molecule has 24 heavy (non-hydrogen) atoms. The number of anilines is 2. The van der Waals surface area contributed by atoms with E-state index in [1.54, 1.807) is 4.68 Å². The van der Waals surface area contributed by atoms with Crippen LogP contribution >= 0.6 is 0 Å². The molecule has 0 unspecified atom stereocenters. The molecule has 7 heteroatoms. The van der Waals surface area contributed by atoms with Crippen molar-refractivity contribution < 1.29 is 4.79 Å². The molecule has 0 aliphatic heterocycles. The van der Waals surface area contributed by atoms with Crippen LogP contribution in [0, 0.1) is 13.8 Å². The number of para-hydroxylation sites is 1. The van der Waals surface area contributed by atoms with Crippen LogP contribution in [0.3, 0.4) is 0 Å². The maximum absolute atomic E-state index is 12.1. The first kappa shape index (κ1) is 15.7. The Morgan fingerprint density at radius 3 is 2.71 bits per heavy atom. The van der Waals surface area contributed by atoms with E-state index in [4.69, 9.17) is 0 Å². The summed E-state index contributed by atoms with van der Waals surface area (Å²) in [5, 5.41) is 17.4. The third-order valence-corrected chi connectivity index (χ3v) is 3.59. The van der Waals surface area contributed by atoms with E-state index < -0.39 is 0 Å². The van der Waals surface area contributed by atoms with Crippen LogP contribution < -0.4 is 10.6 Å². The molecule has 7 nitrogen and oxygen atoms in total. The average Bonchev–Trinajstić information content (AvgIpc) is 3.01. The Morgan fingerprint density at radius 2 is 1.96 bits per heavy atom. The van der Waals surface area contributed by atoms with Crippen molar-refractivity contribution in [2.45, 2.75) is 13.8 Å². The number of hydrogen-bond donors (Lipinski definition) is 2. The lowest BCUT2D eigenvalue weighted by Gasteiger charge is -2.10. The molecule has 1 heterocycles. The van der Waals surface area contributed by atoms with Crippen LogP contribution in [0.1, 0.15) is 11.4 Å².